The summed E-state index contributed by atoms with van der Waals surface area (Å²) in [6.45, 7) is 0. The summed E-state index contributed by atoms with van der Waals surface area (Å²) < 4.78 is 21.0. The molecule has 1 N–H and O–H groups in total. The topological polar surface area (TPSA) is 38.3 Å². The summed E-state index contributed by atoms with van der Waals surface area (Å²) in [5.41, 5.74) is 3.16. The molecule has 0 aliphatic rings. The van der Waals surface area contributed by atoms with Crippen molar-refractivity contribution in [2.45, 2.75) is 11.8 Å². The van der Waals surface area contributed by atoms with E-state index in [0.29, 0.717) is 0 Å². The smallest absolute Gasteiger partial charge is 0.163 e. The Morgan fingerprint density at radius 3 is 1.35 bits per heavy atom. The quantitative estimate of drug-likeness (QED) is 0.218. The fourth-order valence-electron chi connectivity index (χ4n) is 4.78. The molecule has 5 aromatic rings. The number of benzene rings is 5. The number of rotatable bonds is 9. The molecule has 0 aliphatic heterocycles. The van der Waals surface area contributed by atoms with Gasteiger partial charge in [-0.25, -0.2) is 0 Å². The van der Waals surface area contributed by atoms with E-state index in [1.807, 2.05) is 121 Å². The molecule has 4 heteroatoms. The first-order valence-electron chi connectivity index (χ1n) is 12.4. The maximum absolute atomic E-state index is 15.6. The summed E-state index contributed by atoms with van der Waals surface area (Å²) in [7, 11) is -1.57. The molecule has 1 atom stereocenters. The van der Waals surface area contributed by atoms with Crippen molar-refractivity contribution >= 4 is 17.8 Å². The fourth-order valence-corrected chi connectivity index (χ4v) is 7.85. The second-order valence-corrected chi connectivity index (χ2v) is 11.8. The maximum atomic E-state index is 15.6. The Kier molecular flexibility index (Phi) is 7.65. The lowest BCUT2D eigenvalue weighted by Gasteiger charge is -2.34. The van der Waals surface area contributed by atoms with Crippen molar-refractivity contribution in [2.24, 2.45) is 0 Å². The fraction of sp³-hybridized carbons (Fsp3) is 0.0909. The summed E-state index contributed by atoms with van der Waals surface area (Å²) in [6, 6.07) is 48.1. The van der Waals surface area contributed by atoms with Crippen LogP contribution in [0.2, 0.25) is 0 Å². The third-order valence-electron chi connectivity index (χ3n) is 6.67. The Morgan fingerprint density at radius 2 is 0.946 bits per heavy atom. The molecule has 0 aliphatic carbocycles. The van der Waals surface area contributed by atoms with Crippen molar-refractivity contribution in [2.75, 3.05) is 7.11 Å². The van der Waals surface area contributed by atoms with Gasteiger partial charge >= 0.3 is 0 Å². The van der Waals surface area contributed by atoms with Gasteiger partial charge in [0, 0.05) is 10.6 Å². The van der Waals surface area contributed by atoms with Crippen LogP contribution in [0.3, 0.4) is 0 Å². The van der Waals surface area contributed by atoms with Crippen molar-refractivity contribution in [1.29, 1.82) is 0 Å². The number of methoxy groups -OCH3 is 1. The zero-order valence-corrected chi connectivity index (χ0v) is 21.7. The van der Waals surface area contributed by atoms with Gasteiger partial charge in [-0.3, -0.25) is 5.32 Å². The number of ether oxygens (including phenoxy) is 1. The Balaban J connectivity index is 1.72. The molecule has 5 rings (SSSR count). The standard InChI is InChI=1S/C33H30NO2P/c1-36-29-24-22-28(23-25-29)33(34-32(26-14-6-2-7-15-26)27-16-8-3-9-17-27)37(35,30-18-10-4-11-19-30)31-20-12-5-13-21-31/h2-25,32-34H,1H3/t33-/m0/s1. The summed E-state index contributed by atoms with van der Waals surface area (Å²) in [4.78, 5) is 0. The Bertz CT molecular complexity index is 1360. The molecule has 184 valence electrons. The molecule has 0 fully saturated rings. The van der Waals surface area contributed by atoms with E-state index in [4.69, 9.17) is 4.74 Å². The number of hydrogen-bond donors (Lipinski definition) is 1. The molecular weight excluding hydrogens is 473 g/mol. The lowest BCUT2D eigenvalue weighted by Crippen LogP contribution is -2.33. The predicted octanol–water partition coefficient (Wildman–Crippen LogP) is 7.09. The minimum absolute atomic E-state index is 0.171. The molecule has 0 spiro atoms. The van der Waals surface area contributed by atoms with Crippen LogP contribution in [0.15, 0.2) is 146 Å². The molecule has 3 nitrogen and oxygen atoms in total. The van der Waals surface area contributed by atoms with Gasteiger partial charge in [-0.05, 0) is 28.8 Å². The molecule has 0 amide bonds. The van der Waals surface area contributed by atoms with Gasteiger partial charge in [0.1, 0.15) is 5.75 Å². The van der Waals surface area contributed by atoms with E-state index < -0.39 is 12.9 Å². The Labute approximate surface area is 219 Å². The highest BCUT2D eigenvalue weighted by atomic mass is 31.2. The molecule has 5 aromatic carbocycles. The van der Waals surface area contributed by atoms with Crippen molar-refractivity contribution < 1.29 is 9.30 Å². The summed E-state index contributed by atoms with van der Waals surface area (Å²) in [6.07, 6.45) is 0. The van der Waals surface area contributed by atoms with Gasteiger partial charge in [0.15, 0.2) is 7.14 Å². The number of hydrogen-bond acceptors (Lipinski definition) is 3. The molecule has 0 saturated carbocycles. The zero-order chi connectivity index (χ0) is 25.5. The Morgan fingerprint density at radius 1 is 0.541 bits per heavy atom. The number of nitrogens with one attached hydrogen (secondary N) is 1. The van der Waals surface area contributed by atoms with Crippen molar-refractivity contribution in [1.82, 2.24) is 5.32 Å². The third kappa shape index (κ3) is 5.29. The third-order valence-corrected chi connectivity index (χ3v) is 9.97. The van der Waals surface area contributed by atoms with Gasteiger partial charge in [-0.2, -0.15) is 0 Å². The maximum Gasteiger partial charge on any atom is 0.163 e. The lowest BCUT2D eigenvalue weighted by atomic mass is 9.98. The van der Waals surface area contributed by atoms with Gasteiger partial charge < -0.3 is 9.30 Å². The van der Waals surface area contributed by atoms with Gasteiger partial charge in [-0.15, -0.1) is 0 Å². The first kappa shape index (κ1) is 24.8. The molecule has 0 saturated heterocycles. The van der Waals surface area contributed by atoms with E-state index in [-0.39, 0.29) is 6.04 Å². The van der Waals surface area contributed by atoms with Gasteiger partial charge in [0.05, 0.1) is 18.9 Å². The average Bonchev–Trinajstić information content (AvgIpc) is 2.99. The van der Waals surface area contributed by atoms with Gasteiger partial charge in [-0.1, -0.05) is 133 Å². The largest absolute Gasteiger partial charge is 0.497 e. The van der Waals surface area contributed by atoms with Crippen LogP contribution in [0.1, 0.15) is 28.5 Å². The molecule has 0 aromatic heterocycles. The molecule has 37 heavy (non-hydrogen) atoms. The minimum Gasteiger partial charge on any atom is -0.497 e. The van der Waals surface area contributed by atoms with E-state index in [1.165, 1.54) is 0 Å². The highest BCUT2D eigenvalue weighted by Crippen LogP contribution is 2.56. The average molecular weight is 504 g/mol. The van der Waals surface area contributed by atoms with Crippen molar-refractivity contribution in [3.05, 3.63) is 162 Å². The van der Waals surface area contributed by atoms with E-state index in [2.05, 4.69) is 29.6 Å². The van der Waals surface area contributed by atoms with E-state index in [0.717, 1.165) is 33.0 Å². The minimum atomic E-state index is -3.23. The SMILES string of the molecule is COc1ccc([C@@H](NC(c2ccccc2)c2ccccc2)P(=O)(c2ccccc2)c2ccccc2)cc1. The van der Waals surface area contributed by atoms with Gasteiger partial charge in [0.25, 0.3) is 0 Å². The van der Waals surface area contributed by atoms with Crippen LogP contribution in [0.25, 0.3) is 0 Å². The summed E-state index contributed by atoms with van der Waals surface area (Å²) >= 11 is 0. The summed E-state index contributed by atoms with van der Waals surface area (Å²) in [5.74, 6) is 0.271. The second kappa shape index (κ2) is 11.4. The molecule has 0 heterocycles. The normalized spacial score (nSPS) is 12.3. The first-order chi connectivity index (χ1) is 18.2. The molecule has 0 radical (unpaired) electrons. The lowest BCUT2D eigenvalue weighted by molar-refractivity contribution is 0.414. The Hall–Kier alpha value is -3.91. The zero-order valence-electron chi connectivity index (χ0n) is 20.8. The van der Waals surface area contributed by atoms with Gasteiger partial charge in [0.2, 0.25) is 0 Å². The summed E-state index contributed by atoms with van der Waals surface area (Å²) in [5, 5.41) is 5.50. The van der Waals surface area contributed by atoms with Crippen LogP contribution in [0, 0.1) is 0 Å². The second-order valence-electron chi connectivity index (χ2n) is 8.93. The van der Waals surface area contributed by atoms with Crippen LogP contribution in [0.5, 0.6) is 5.75 Å². The molecular formula is C33H30NO2P. The predicted molar refractivity (Wildman–Crippen MR) is 153 cm³/mol. The van der Waals surface area contributed by atoms with Crippen LogP contribution >= 0.6 is 7.14 Å². The van der Waals surface area contributed by atoms with E-state index in [1.54, 1.807) is 7.11 Å². The highest BCUT2D eigenvalue weighted by molar-refractivity contribution is 7.79. The highest BCUT2D eigenvalue weighted by Gasteiger charge is 2.39. The molecule has 0 unspecified atom stereocenters. The van der Waals surface area contributed by atoms with E-state index in [9.17, 15) is 0 Å². The monoisotopic (exact) mass is 503 g/mol. The van der Waals surface area contributed by atoms with Crippen LogP contribution in [0.4, 0.5) is 0 Å². The van der Waals surface area contributed by atoms with Crippen molar-refractivity contribution in [3.8, 4) is 5.75 Å². The first-order valence-corrected chi connectivity index (χ1v) is 14.2. The van der Waals surface area contributed by atoms with Crippen LogP contribution in [-0.2, 0) is 4.57 Å². The molecule has 0 bridgehead atoms. The van der Waals surface area contributed by atoms with Crippen molar-refractivity contribution in [3.63, 3.8) is 0 Å². The van der Waals surface area contributed by atoms with E-state index >= 15 is 4.57 Å². The van der Waals surface area contributed by atoms with Crippen LogP contribution in [-0.4, -0.2) is 7.11 Å². The van der Waals surface area contributed by atoms with Crippen LogP contribution < -0.4 is 20.7 Å².